The van der Waals surface area contributed by atoms with Crippen LogP contribution in [0.25, 0.3) is 0 Å². The molecule has 0 fully saturated rings. The van der Waals surface area contributed by atoms with Crippen molar-refractivity contribution in [3.63, 3.8) is 0 Å². The number of aromatic hydroxyl groups is 1. The van der Waals surface area contributed by atoms with Gasteiger partial charge < -0.3 is 5.11 Å². The SMILES string of the molecule is N#CC(=O)N/N=C/c1cc(Br)cc(I)c1O. The van der Waals surface area contributed by atoms with Crippen molar-refractivity contribution < 1.29 is 9.90 Å². The van der Waals surface area contributed by atoms with E-state index in [1.807, 2.05) is 28.0 Å². The van der Waals surface area contributed by atoms with Crippen LogP contribution >= 0.6 is 38.5 Å². The first-order chi connectivity index (χ1) is 7.54. The third-order valence-corrected chi connectivity index (χ3v) is 2.81. The number of benzene rings is 1. The highest BCUT2D eigenvalue weighted by Crippen LogP contribution is 2.27. The Hall–Kier alpha value is -1.14. The fraction of sp³-hybridized carbons (Fsp3) is 0. The molecule has 0 saturated carbocycles. The number of phenols is 1. The number of hydrogen-bond acceptors (Lipinski definition) is 4. The summed E-state index contributed by atoms with van der Waals surface area (Å²) in [5.41, 5.74) is 2.43. The average molecular weight is 394 g/mol. The van der Waals surface area contributed by atoms with E-state index in [-0.39, 0.29) is 5.75 Å². The van der Waals surface area contributed by atoms with E-state index in [1.165, 1.54) is 12.3 Å². The van der Waals surface area contributed by atoms with E-state index in [2.05, 4.69) is 21.0 Å². The summed E-state index contributed by atoms with van der Waals surface area (Å²) in [6.45, 7) is 0. The number of nitrogens with one attached hydrogen (secondary N) is 1. The molecular weight excluding hydrogens is 389 g/mol. The molecule has 1 aromatic carbocycles. The van der Waals surface area contributed by atoms with Crippen LogP contribution in [0.1, 0.15) is 5.56 Å². The molecule has 0 spiro atoms. The molecule has 0 atom stereocenters. The molecule has 1 aromatic rings. The Morgan fingerprint density at radius 2 is 2.38 bits per heavy atom. The van der Waals surface area contributed by atoms with Gasteiger partial charge in [0.15, 0.2) is 6.07 Å². The highest BCUT2D eigenvalue weighted by atomic mass is 127. The molecule has 2 N–H and O–H groups in total. The van der Waals surface area contributed by atoms with Crippen molar-refractivity contribution in [3.05, 3.63) is 25.7 Å². The Morgan fingerprint density at radius 3 is 3.00 bits per heavy atom. The fourth-order valence-corrected chi connectivity index (χ4v) is 2.42. The van der Waals surface area contributed by atoms with Gasteiger partial charge in [0.1, 0.15) is 5.75 Å². The number of phenolic OH excluding ortho intramolecular Hbond substituents is 1. The molecule has 0 heterocycles. The number of hydrogen-bond donors (Lipinski definition) is 2. The van der Waals surface area contributed by atoms with E-state index in [4.69, 9.17) is 5.26 Å². The summed E-state index contributed by atoms with van der Waals surface area (Å²) in [4.78, 5) is 10.6. The van der Waals surface area contributed by atoms with Gasteiger partial charge in [-0.15, -0.1) is 0 Å². The van der Waals surface area contributed by atoms with Crippen LogP contribution < -0.4 is 5.43 Å². The molecule has 1 amide bonds. The Morgan fingerprint density at radius 1 is 1.69 bits per heavy atom. The molecule has 7 heteroatoms. The molecule has 0 aliphatic heterocycles. The molecule has 0 radical (unpaired) electrons. The number of nitriles is 1. The molecule has 0 aliphatic carbocycles. The largest absolute Gasteiger partial charge is 0.506 e. The van der Waals surface area contributed by atoms with Crippen LogP contribution in [0.2, 0.25) is 0 Å². The van der Waals surface area contributed by atoms with E-state index in [9.17, 15) is 9.90 Å². The number of nitrogens with zero attached hydrogens (tertiary/aromatic N) is 2. The monoisotopic (exact) mass is 393 g/mol. The zero-order valence-electron chi connectivity index (χ0n) is 7.74. The van der Waals surface area contributed by atoms with Gasteiger partial charge in [-0.25, -0.2) is 5.43 Å². The maximum atomic E-state index is 10.6. The highest BCUT2D eigenvalue weighted by molar-refractivity contribution is 14.1. The first-order valence-electron chi connectivity index (χ1n) is 3.95. The lowest BCUT2D eigenvalue weighted by Crippen LogP contribution is -2.14. The van der Waals surface area contributed by atoms with Gasteiger partial charge in [0.05, 0.1) is 9.78 Å². The molecule has 0 unspecified atom stereocenters. The highest BCUT2D eigenvalue weighted by Gasteiger charge is 2.05. The van der Waals surface area contributed by atoms with Gasteiger partial charge in [0, 0.05) is 10.0 Å². The summed E-state index contributed by atoms with van der Waals surface area (Å²) in [7, 11) is 0. The van der Waals surface area contributed by atoms with Gasteiger partial charge in [0.2, 0.25) is 0 Å². The van der Waals surface area contributed by atoms with Crippen LogP contribution in [0.5, 0.6) is 5.75 Å². The third kappa shape index (κ3) is 3.46. The number of halogens is 2. The summed E-state index contributed by atoms with van der Waals surface area (Å²) in [6, 6.07) is 4.73. The number of rotatable bonds is 2. The molecule has 0 aliphatic rings. The Balaban J connectivity index is 2.90. The van der Waals surface area contributed by atoms with Crippen LogP contribution in [-0.4, -0.2) is 17.2 Å². The first-order valence-corrected chi connectivity index (χ1v) is 5.83. The standard InChI is InChI=1S/C9H5BrIN3O2/c10-6-1-5(9(16)7(11)2-6)4-13-14-8(15)3-12/h1-2,4,16H,(H,14,15)/b13-4+. The quantitative estimate of drug-likeness (QED) is 0.347. The van der Waals surface area contributed by atoms with E-state index in [0.29, 0.717) is 9.13 Å². The minimum Gasteiger partial charge on any atom is -0.506 e. The predicted octanol–water partition coefficient (Wildman–Crippen LogP) is 1.73. The second kappa shape index (κ2) is 5.81. The van der Waals surface area contributed by atoms with E-state index in [0.717, 1.165) is 4.47 Å². The normalized spacial score (nSPS) is 10.1. The molecule has 0 aromatic heterocycles. The molecular formula is C9H5BrIN3O2. The van der Waals surface area contributed by atoms with Crippen LogP contribution in [0, 0.1) is 14.9 Å². The van der Waals surface area contributed by atoms with Gasteiger partial charge in [-0.3, -0.25) is 4.79 Å². The predicted molar refractivity (Wildman–Crippen MR) is 69.9 cm³/mol. The molecule has 0 bridgehead atoms. The minimum atomic E-state index is -0.861. The van der Waals surface area contributed by atoms with E-state index < -0.39 is 5.91 Å². The van der Waals surface area contributed by atoms with Crippen molar-refractivity contribution in [2.45, 2.75) is 0 Å². The lowest BCUT2D eigenvalue weighted by molar-refractivity contribution is -0.115. The second-order valence-corrected chi connectivity index (χ2v) is 4.71. The summed E-state index contributed by atoms with van der Waals surface area (Å²) in [5, 5.41) is 21.4. The van der Waals surface area contributed by atoms with Gasteiger partial charge in [0.25, 0.3) is 0 Å². The topological polar surface area (TPSA) is 85.5 Å². The van der Waals surface area contributed by atoms with Crippen molar-refractivity contribution in [2.24, 2.45) is 5.10 Å². The molecule has 16 heavy (non-hydrogen) atoms. The van der Waals surface area contributed by atoms with Gasteiger partial charge in [-0.2, -0.15) is 10.4 Å². The number of hydrazone groups is 1. The van der Waals surface area contributed by atoms with Crippen LogP contribution in [-0.2, 0) is 4.79 Å². The van der Waals surface area contributed by atoms with Crippen LogP contribution in [0.15, 0.2) is 21.7 Å². The zero-order chi connectivity index (χ0) is 12.1. The van der Waals surface area contributed by atoms with Gasteiger partial charge in [-0.05, 0) is 34.7 Å². The van der Waals surface area contributed by atoms with Crippen molar-refractivity contribution in [3.8, 4) is 11.8 Å². The lowest BCUT2D eigenvalue weighted by Gasteiger charge is -2.02. The average Bonchev–Trinajstić information content (AvgIpc) is 2.24. The molecule has 82 valence electrons. The number of carbonyl (C=O) groups is 1. The number of amides is 1. The Labute approximate surface area is 113 Å². The maximum Gasteiger partial charge on any atom is 0.342 e. The maximum absolute atomic E-state index is 10.6. The van der Waals surface area contributed by atoms with Gasteiger partial charge in [-0.1, -0.05) is 15.9 Å². The lowest BCUT2D eigenvalue weighted by atomic mass is 10.2. The van der Waals surface area contributed by atoms with E-state index >= 15 is 0 Å². The van der Waals surface area contributed by atoms with Crippen molar-refractivity contribution in [2.75, 3.05) is 0 Å². The molecule has 1 rings (SSSR count). The van der Waals surface area contributed by atoms with Crippen LogP contribution in [0.3, 0.4) is 0 Å². The number of carbonyl (C=O) groups excluding carboxylic acids is 1. The Bertz CT molecular complexity index is 496. The van der Waals surface area contributed by atoms with Crippen molar-refractivity contribution >= 4 is 50.6 Å². The summed E-state index contributed by atoms with van der Waals surface area (Å²) in [6.07, 6.45) is 1.26. The third-order valence-electron chi connectivity index (χ3n) is 1.53. The van der Waals surface area contributed by atoms with Crippen molar-refractivity contribution in [1.82, 2.24) is 5.43 Å². The molecule has 0 saturated heterocycles. The zero-order valence-corrected chi connectivity index (χ0v) is 11.5. The smallest absolute Gasteiger partial charge is 0.342 e. The summed E-state index contributed by atoms with van der Waals surface area (Å²) in [5.74, 6) is -0.792. The van der Waals surface area contributed by atoms with Crippen molar-refractivity contribution in [1.29, 1.82) is 5.26 Å². The first kappa shape index (κ1) is 12.9. The minimum absolute atomic E-state index is 0.0683. The Kier molecular flexibility index (Phi) is 4.70. The fourth-order valence-electron chi connectivity index (χ4n) is 0.870. The van der Waals surface area contributed by atoms with Crippen LogP contribution in [0.4, 0.5) is 0 Å². The summed E-state index contributed by atoms with van der Waals surface area (Å²) < 4.78 is 1.43. The second-order valence-electron chi connectivity index (χ2n) is 2.64. The summed E-state index contributed by atoms with van der Waals surface area (Å²) >= 11 is 5.23. The van der Waals surface area contributed by atoms with Gasteiger partial charge >= 0.3 is 5.91 Å². The molecule has 5 nitrogen and oxygen atoms in total. The van der Waals surface area contributed by atoms with E-state index in [1.54, 1.807) is 12.1 Å².